The van der Waals surface area contributed by atoms with Gasteiger partial charge in [0.15, 0.2) is 0 Å². The fourth-order valence-corrected chi connectivity index (χ4v) is 1.60. The fourth-order valence-electron chi connectivity index (χ4n) is 1.60. The van der Waals surface area contributed by atoms with E-state index in [2.05, 4.69) is 33.0 Å². The predicted molar refractivity (Wildman–Crippen MR) is 75.5 cm³/mol. The molecule has 0 saturated heterocycles. The minimum atomic E-state index is -0.469. The highest BCUT2D eigenvalue weighted by molar-refractivity contribution is 5.67. The number of carbonyl (C=O) groups excluding carboxylic acids is 1. The summed E-state index contributed by atoms with van der Waals surface area (Å²) < 4.78 is 5.23. The molecule has 0 spiro atoms. The van der Waals surface area contributed by atoms with Gasteiger partial charge in [0, 0.05) is 12.0 Å². The fraction of sp³-hybridized carbons (Fsp3) is 0.929. The van der Waals surface area contributed by atoms with Crippen molar-refractivity contribution in [2.24, 2.45) is 16.6 Å². The van der Waals surface area contributed by atoms with Crippen molar-refractivity contribution in [3.63, 3.8) is 0 Å². The van der Waals surface area contributed by atoms with E-state index >= 15 is 0 Å². The van der Waals surface area contributed by atoms with Crippen molar-refractivity contribution in [3.05, 3.63) is 0 Å². The number of nitrogens with one attached hydrogen (secondary N) is 1. The van der Waals surface area contributed by atoms with E-state index in [1.54, 1.807) is 0 Å². The topological polar surface area (TPSA) is 64.3 Å². The average molecular weight is 258 g/mol. The van der Waals surface area contributed by atoms with Crippen LogP contribution in [0.25, 0.3) is 0 Å². The molecule has 4 heteroatoms. The van der Waals surface area contributed by atoms with E-state index in [-0.39, 0.29) is 16.9 Å². The first-order valence-electron chi connectivity index (χ1n) is 6.64. The second-order valence-electron chi connectivity index (χ2n) is 6.86. The number of hydrogen-bond donors (Lipinski definition) is 2. The first-order valence-corrected chi connectivity index (χ1v) is 6.64. The van der Waals surface area contributed by atoms with E-state index in [0.717, 1.165) is 6.42 Å². The SMILES string of the molecule is CCC(C)(C)C(C)(CN)CNC(=O)OC(C)(C)C. The minimum Gasteiger partial charge on any atom is -0.444 e. The maximum atomic E-state index is 11.7. The Hall–Kier alpha value is -0.770. The average Bonchev–Trinajstić information content (AvgIpc) is 2.23. The molecule has 0 aliphatic heterocycles. The number of alkyl carbamates (subject to hydrolysis) is 1. The second kappa shape index (κ2) is 5.91. The third-order valence-electron chi connectivity index (χ3n) is 3.99. The van der Waals surface area contributed by atoms with Gasteiger partial charge in [0.05, 0.1) is 0 Å². The quantitative estimate of drug-likeness (QED) is 0.797. The Morgan fingerprint density at radius 2 is 1.67 bits per heavy atom. The van der Waals surface area contributed by atoms with Crippen molar-refractivity contribution in [1.29, 1.82) is 0 Å². The summed E-state index contributed by atoms with van der Waals surface area (Å²) in [5.41, 5.74) is 5.35. The number of rotatable bonds is 5. The summed E-state index contributed by atoms with van der Waals surface area (Å²) >= 11 is 0. The van der Waals surface area contributed by atoms with Crippen LogP contribution >= 0.6 is 0 Å². The van der Waals surface area contributed by atoms with Gasteiger partial charge in [0.25, 0.3) is 0 Å². The molecule has 0 radical (unpaired) electrons. The van der Waals surface area contributed by atoms with Crippen LogP contribution in [0.15, 0.2) is 0 Å². The van der Waals surface area contributed by atoms with E-state index in [4.69, 9.17) is 10.5 Å². The van der Waals surface area contributed by atoms with Crippen LogP contribution in [-0.4, -0.2) is 24.8 Å². The van der Waals surface area contributed by atoms with E-state index in [1.807, 2.05) is 20.8 Å². The maximum absolute atomic E-state index is 11.7. The molecular formula is C14H30N2O2. The first kappa shape index (κ1) is 17.2. The largest absolute Gasteiger partial charge is 0.444 e. The van der Waals surface area contributed by atoms with Gasteiger partial charge < -0.3 is 15.8 Å². The van der Waals surface area contributed by atoms with Crippen molar-refractivity contribution in [2.45, 2.75) is 60.5 Å². The van der Waals surface area contributed by atoms with E-state index in [1.165, 1.54) is 0 Å². The van der Waals surface area contributed by atoms with Crippen LogP contribution in [0.3, 0.4) is 0 Å². The highest BCUT2D eigenvalue weighted by Crippen LogP contribution is 2.40. The summed E-state index contributed by atoms with van der Waals surface area (Å²) in [7, 11) is 0. The maximum Gasteiger partial charge on any atom is 0.407 e. The molecule has 18 heavy (non-hydrogen) atoms. The van der Waals surface area contributed by atoms with E-state index in [9.17, 15) is 4.79 Å². The zero-order valence-electron chi connectivity index (χ0n) is 13.0. The number of carbonyl (C=O) groups is 1. The molecule has 3 N–H and O–H groups in total. The number of hydrogen-bond acceptors (Lipinski definition) is 3. The van der Waals surface area contributed by atoms with Crippen LogP contribution in [0.1, 0.15) is 54.9 Å². The molecule has 1 atom stereocenters. The standard InChI is InChI=1S/C14H30N2O2/c1-8-13(5,6)14(7,9-15)10-16-11(17)18-12(2,3)4/h8-10,15H2,1-7H3,(H,16,17). The number of amides is 1. The van der Waals surface area contributed by atoms with Gasteiger partial charge in [-0.05, 0) is 32.7 Å². The van der Waals surface area contributed by atoms with Crippen molar-refractivity contribution in [1.82, 2.24) is 5.32 Å². The van der Waals surface area contributed by atoms with Gasteiger partial charge >= 0.3 is 6.09 Å². The highest BCUT2D eigenvalue weighted by Gasteiger charge is 2.39. The zero-order chi connectivity index (χ0) is 14.6. The van der Waals surface area contributed by atoms with E-state index in [0.29, 0.717) is 13.1 Å². The van der Waals surface area contributed by atoms with Gasteiger partial charge in [-0.25, -0.2) is 4.79 Å². The Balaban J connectivity index is 4.54. The normalized spacial score (nSPS) is 16.0. The number of ether oxygens (including phenoxy) is 1. The Kier molecular flexibility index (Phi) is 5.66. The molecule has 0 heterocycles. The zero-order valence-corrected chi connectivity index (χ0v) is 13.0. The summed E-state index contributed by atoms with van der Waals surface area (Å²) in [6, 6.07) is 0. The minimum absolute atomic E-state index is 0.0662. The van der Waals surface area contributed by atoms with Crippen LogP contribution < -0.4 is 11.1 Å². The Labute approximate surface area is 112 Å². The lowest BCUT2D eigenvalue weighted by Crippen LogP contribution is -2.50. The molecule has 0 aliphatic rings. The molecule has 0 aromatic heterocycles. The van der Waals surface area contributed by atoms with Gasteiger partial charge in [-0.2, -0.15) is 0 Å². The second-order valence-corrected chi connectivity index (χ2v) is 6.86. The smallest absolute Gasteiger partial charge is 0.407 e. The summed E-state index contributed by atoms with van der Waals surface area (Å²) in [4.78, 5) is 11.7. The van der Waals surface area contributed by atoms with Crippen LogP contribution in [0.2, 0.25) is 0 Å². The molecule has 0 bridgehead atoms. The first-order chi connectivity index (χ1) is 7.97. The summed E-state index contributed by atoms with van der Waals surface area (Å²) in [6.07, 6.45) is 0.630. The highest BCUT2D eigenvalue weighted by atomic mass is 16.6. The van der Waals surface area contributed by atoms with Gasteiger partial charge in [-0.3, -0.25) is 0 Å². The number of nitrogens with two attached hydrogens (primary N) is 1. The van der Waals surface area contributed by atoms with Crippen LogP contribution in [0.4, 0.5) is 4.79 Å². The third-order valence-corrected chi connectivity index (χ3v) is 3.99. The molecular weight excluding hydrogens is 228 g/mol. The van der Waals surface area contributed by atoms with Crippen molar-refractivity contribution in [2.75, 3.05) is 13.1 Å². The lowest BCUT2D eigenvalue weighted by atomic mass is 9.65. The van der Waals surface area contributed by atoms with Gasteiger partial charge in [0.1, 0.15) is 5.60 Å². The molecule has 0 aliphatic carbocycles. The van der Waals surface area contributed by atoms with Gasteiger partial charge in [0.2, 0.25) is 0 Å². The molecule has 108 valence electrons. The molecule has 0 rings (SSSR count). The molecule has 1 amide bonds. The van der Waals surface area contributed by atoms with E-state index < -0.39 is 5.60 Å². The lowest BCUT2D eigenvalue weighted by Gasteiger charge is -2.43. The van der Waals surface area contributed by atoms with Crippen LogP contribution in [0.5, 0.6) is 0 Å². The van der Waals surface area contributed by atoms with Gasteiger partial charge in [-0.1, -0.05) is 34.1 Å². The van der Waals surface area contributed by atoms with Crippen molar-refractivity contribution < 1.29 is 9.53 Å². The molecule has 0 saturated carbocycles. The van der Waals surface area contributed by atoms with Gasteiger partial charge in [-0.15, -0.1) is 0 Å². The van der Waals surface area contributed by atoms with Crippen molar-refractivity contribution >= 4 is 6.09 Å². The molecule has 4 nitrogen and oxygen atoms in total. The molecule has 1 unspecified atom stereocenters. The third kappa shape index (κ3) is 4.84. The Morgan fingerprint density at radius 3 is 2.00 bits per heavy atom. The molecule has 0 fully saturated rings. The summed E-state index contributed by atoms with van der Waals surface area (Å²) in [6.45, 7) is 15.2. The monoisotopic (exact) mass is 258 g/mol. The van der Waals surface area contributed by atoms with Crippen molar-refractivity contribution in [3.8, 4) is 0 Å². The lowest BCUT2D eigenvalue weighted by molar-refractivity contribution is 0.0419. The Bertz CT molecular complexity index is 282. The summed E-state index contributed by atoms with van der Waals surface area (Å²) in [5, 5.41) is 2.83. The summed E-state index contributed by atoms with van der Waals surface area (Å²) in [5.74, 6) is 0. The molecule has 0 aromatic carbocycles. The Morgan fingerprint density at radius 1 is 1.17 bits per heavy atom. The van der Waals surface area contributed by atoms with Crippen LogP contribution in [-0.2, 0) is 4.74 Å². The predicted octanol–water partition coefficient (Wildman–Crippen LogP) is 2.91. The van der Waals surface area contributed by atoms with Crippen LogP contribution in [0, 0.1) is 10.8 Å². The molecule has 0 aromatic rings.